The summed E-state index contributed by atoms with van der Waals surface area (Å²) in [5.41, 5.74) is 1.20. The second-order valence-corrected chi connectivity index (χ2v) is 8.43. The van der Waals surface area contributed by atoms with E-state index in [9.17, 15) is 8.42 Å². The van der Waals surface area contributed by atoms with Gasteiger partial charge in [-0.2, -0.15) is 0 Å². The molecule has 1 aliphatic rings. The van der Waals surface area contributed by atoms with Crippen LogP contribution >= 0.6 is 0 Å². The topological polar surface area (TPSA) is 55.8 Å². The summed E-state index contributed by atoms with van der Waals surface area (Å²) in [6.07, 6.45) is 3.25. The lowest BCUT2D eigenvalue weighted by Gasteiger charge is -2.22. The van der Waals surface area contributed by atoms with Crippen molar-refractivity contribution in [3.8, 4) is 11.5 Å². The average molecular weight is 341 g/mol. The number of methoxy groups -OCH3 is 2. The highest BCUT2D eigenvalue weighted by Crippen LogP contribution is 2.46. The van der Waals surface area contributed by atoms with Crippen LogP contribution in [-0.4, -0.2) is 46.3 Å². The molecule has 0 N–H and O–H groups in total. The Morgan fingerprint density at radius 2 is 1.87 bits per heavy atom. The van der Waals surface area contributed by atoms with Gasteiger partial charge in [0.1, 0.15) is 0 Å². The van der Waals surface area contributed by atoms with E-state index in [1.807, 2.05) is 12.1 Å². The summed E-state index contributed by atoms with van der Waals surface area (Å²) in [4.78, 5) is 0. The Morgan fingerprint density at radius 3 is 2.39 bits per heavy atom. The largest absolute Gasteiger partial charge is 0.493 e. The molecule has 0 radical (unpaired) electrons. The summed E-state index contributed by atoms with van der Waals surface area (Å²) >= 11 is 0. The van der Waals surface area contributed by atoms with E-state index in [1.165, 1.54) is 22.7 Å². The second-order valence-electron chi connectivity index (χ2n) is 6.07. The maximum Gasteiger partial charge on any atom is 0.213 e. The normalized spacial score (nSPS) is 16.4. The fraction of sp³-hybridized carbons (Fsp3) is 0.647. The third-order valence-corrected chi connectivity index (χ3v) is 6.48. The van der Waals surface area contributed by atoms with E-state index in [1.54, 1.807) is 28.2 Å². The molecular formula is C17H27NO4S. The molecule has 1 atom stereocenters. The van der Waals surface area contributed by atoms with Gasteiger partial charge < -0.3 is 9.47 Å². The average Bonchev–Trinajstić information content (AvgIpc) is 3.39. The van der Waals surface area contributed by atoms with Crippen LogP contribution in [0.3, 0.4) is 0 Å². The van der Waals surface area contributed by atoms with Crippen molar-refractivity contribution in [3.05, 3.63) is 23.8 Å². The molecule has 0 saturated heterocycles. The van der Waals surface area contributed by atoms with Crippen molar-refractivity contribution in [2.45, 2.75) is 32.1 Å². The molecule has 1 fully saturated rings. The molecule has 5 nitrogen and oxygen atoms in total. The van der Waals surface area contributed by atoms with E-state index < -0.39 is 10.0 Å². The Balaban J connectivity index is 2.13. The van der Waals surface area contributed by atoms with Crippen molar-refractivity contribution in [2.75, 3.05) is 33.6 Å². The molecule has 23 heavy (non-hydrogen) atoms. The van der Waals surface area contributed by atoms with E-state index in [0.29, 0.717) is 18.4 Å². The molecule has 0 aromatic heterocycles. The zero-order valence-electron chi connectivity index (χ0n) is 14.4. The highest BCUT2D eigenvalue weighted by molar-refractivity contribution is 7.89. The number of nitrogens with zero attached hydrogens (tertiary/aromatic N) is 1. The van der Waals surface area contributed by atoms with Crippen molar-refractivity contribution < 1.29 is 17.9 Å². The summed E-state index contributed by atoms with van der Waals surface area (Å²) in [6.45, 7) is 2.23. The fourth-order valence-corrected chi connectivity index (χ4v) is 3.76. The van der Waals surface area contributed by atoms with Gasteiger partial charge in [0.2, 0.25) is 10.0 Å². The van der Waals surface area contributed by atoms with Gasteiger partial charge in [-0.15, -0.1) is 0 Å². The fourth-order valence-electron chi connectivity index (χ4n) is 2.94. The first-order chi connectivity index (χ1) is 10.9. The number of benzene rings is 1. The van der Waals surface area contributed by atoms with Crippen LogP contribution in [0, 0.1) is 5.92 Å². The SMILES string of the molecule is CCS(=O)(=O)N(C)CCC(c1ccc(OC)c(OC)c1)C1CC1. The smallest absolute Gasteiger partial charge is 0.213 e. The number of hydrogen-bond acceptors (Lipinski definition) is 4. The highest BCUT2D eigenvalue weighted by atomic mass is 32.2. The minimum atomic E-state index is -3.12. The first-order valence-corrected chi connectivity index (χ1v) is 9.69. The van der Waals surface area contributed by atoms with Crippen molar-refractivity contribution in [1.82, 2.24) is 4.31 Å². The van der Waals surface area contributed by atoms with Crippen molar-refractivity contribution in [2.24, 2.45) is 5.92 Å². The molecular weight excluding hydrogens is 314 g/mol. The molecule has 1 unspecified atom stereocenters. The summed E-state index contributed by atoms with van der Waals surface area (Å²) in [5.74, 6) is 2.60. The monoisotopic (exact) mass is 341 g/mol. The Kier molecular flexibility index (Phi) is 5.92. The van der Waals surface area contributed by atoms with Gasteiger partial charge in [-0.05, 0) is 55.7 Å². The van der Waals surface area contributed by atoms with Crippen LogP contribution in [0.4, 0.5) is 0 Å². The zero-order valence-corrected chi connectivity index (χ0v) is 15.2. The minimum Gasteiger partial charge on any atom is -0.493 e. The molecule has 0 amide bonds. The van der Waals surface area contributed by atoms with Crippen molar-refractivity contribution >= 4 is 10.0 Å². The number of rotatable bonds is 9. The van der Waals surface area contributed by atoms with Gasteiger partial charge in [-0.3, -0.25) is 0 Å². The van der Waals surface area contributed by atoms with Crippen LogP contribution in [0.15, 0.2) is 18.2 Å². The lowest BCUT2D eigenvalue weighted by atomic mass is 9.90. The van der Waals surface area contributed by atoms with E-state index in [-0.39, 0.29) is 5.75 Å². The van der Waals surface area contributed by atoms with Crippen LogP contribution in [0.5, 0.6) is 11.5 Å². The lowest BCUT2D eigenvalue weighted by molar-refractivity contribution is 0.353. The quantitative estimate of drug-likeness (QED) is 0.693. The van der Waals surface area contributed by atoms with E-state index in [4.69, 9.17) is 9.47 Å². The Bertz CT molecular complexity index is 625. The van der Waals surface area contributed by atoms with Crippen LogP contribution in [0.1, 0.15) is 37.7 Å². The van der Waals surface area contributed by atoms with E-state index in [2.05, 4.69) is 6.07 Å². The summed E-state index contributed by atoms with van der Waals surface area (Å²) in [5, 5.41) is 0. The van der Waals surface area contributed by atoms with Gasteiger partial charge in [-0.25, -0.2) is 12.7 Å². The Morgan fingerprint density at radius 1 is 1.22 bits per heavy atom. The molecule has 1 saturated carbocycles. The van der Waals surface area contributed by atoms with Gasteiger partial charge in [0, 0.05) is 13.6 Å². The summed E-state index contributed by atoms with van der Waals surface area (Å²) in [6, 6.07) is 6.02. The minimum absolute atomic E-state index is 0.147. The molecule has 1 aliphatic carbocycles. The molecule has 1 aromatic rings. The summed E-state index contributed by atoms with van der Waals surface area (Å²) < 4.78 is 36.0. The highest BCUT2D eigenvalue weighted by Gasteiger charge is 2.33. The molecule has 1 aromatic carbocycles. The molecule has 2 rings (SSSR count). The van der Waals surface area contributed by atoms with Crippen LogP contribution in [0.2, 0.25) is 0 Å². The third kappa shape index (κ3) is 4.38. The number of ether oxygens (including phenoxy) is 2. The second kappa shape index (κ2) is 7.53. The Labute approximate surface area is 139 Å². The van der Waals surface area contributed by atoms with Crippen molar-refractivity contribution in [3.63, 3.8) is 0 Å². The third-order valence-electron chi connectivity index (χ3n) is 4.62. The molecule has 0 bridgehead atoms. The van der Waals surface area contributed by atoms with Crippen LogP contribution in [0.25, 0.3) is 0 Å². The Hall–Kier alpha value is -1.27. The van der Waals surface area contributed by atoms with E-state index >= 15 is 0 Å². The van der Waals surface area contributed by atoms with Gasteiger partial charge >= 0.3 is 0 Å². The summed E-state index contributed by atoms with van der Waals surface area (Å²) in [7, 11) is 1.81. The predicted molar refractivity (Wildman–Crippen MR) is 91.7 cm³/mol. The van der Waals surface area contributed by atoms with Crippen LogP contribution < -0.4 is 9.47 Å². The maximum absolute atomic E-state index is 11.9. The first-order valence-electron chi connectivity index (χ1n) is 8.08. The molecule has 130 valence electrons. The predicted octanol–water partition coefficient (Wildman–Crippen LogP) is 2.87. The number of hydrogen-bond donors (Lipinski definition) is 0. The molecule has 0 spiro atoms. The standard InChI is InChI=1S/C17H27NO4S/c1-5-23(19,20)18(2)11-10-15(13-6-7-13)14-8-9-16(21-3)17(12-14)22-4/h8-9,12-13,15H,5-7,10-11H2,1-4H3. The first kappa shape index (κ1) is 18.1. The van der Waals surface area contributed by atoms with Crippen LogP contribution in [-0.2, 0) is 10.0 Å². The van der Waals surface area contributed by atoms with Gasteiger partial charge in [0.25, 0.3) is 0 Å². The number of sulfonamides is 1. The van der Waals surface area contributed by atoms with Gasteiger partial charge in [0.05, 0.1) is 20.0 Å². The van der Waals surface area contributed by atoms with Crippen molar-refractivity contribution in [1.29, 1.82) is 0 Å². The lowest BCUT2D eigenvalue weighted by Crippen LogP contribution is -2.30. The maximum atomic E-state index is 11.9. The molecule has 6 heteroatoms. The molecule has 0 heterocycles. The zero-order chi connectivity index (χ0) is 17.0. The molecule has 0 aliphatic heterocycles. The van der Waals surface area contributed by atoms with E-state index in [0.717, 1.165) is 17.9 Å². The van der Waals surface area contributed by atoms with Gasteiger partial charge in [-0.1, -0.05) is 6.07 Å². The van der Waals surface area contributed by atoms with Gasteiger partial charge in [0.15, 0.2) is 11.5 Å².